The summed E-state index contributed by atoms with van der Waals surface area (Å²) in [6.45, 7) is 2.10. The van der Waals surface area contributed by atoms with Crippen molar-refractivity contribution in [2.24, 2.45) is 0 Å². The number of carbonyl (C=O) groups excluding carboxylic acids is 2. The molecule has 0 atom stereocenters. The molecule has 5 nitrogen and oxygen atoms in total. The van der Waals surface area contributed by atoms with Crippen LogP contribution in [0.4, 0.5) is 0 Å². The lowest BCUT2D eigenvalue weighted by Gasteiger charge is -2.22. The van der Waals surface area contributed by atoms with E-state index in [-0.39, 0.29) is 11.8 Å². The third-order valence-electron chi connectivity index (χ3n) is 3.97. The van der Waals surface area contributed by atoms with Crippen molar-refractivity contribution in [3.8, 4) is 0 Å². The molecule has 0 unspecified atom stereocenters. The molecule has 0 saturated carbocycles. The molecule has 24 heavy (non-hydrogen) atoms. The van der Waals surface area contributed by atoms with Gasteiger partial charge in [-0.15, -0.1) is 0 Å². The molecule has 7 heteroatoms. The molecule has 2 aromatic rings. The monoisotopic (exact) mass is 366 g/mol. The zero-order valence-corrected chi connectivity index (χ0v) is 14.4. The number of hydrogen-bond acceptors (Lipinski definition) is 3. The van der Waals surface area contributed by atoms with Crippen LogP contribution in [0.25, 0.3) is 0 Å². The van der Waals surface area contributed by atoms with Crippen LogP contribution in [0.15, 0.2) is 41.0 Å². The summed E-state index contributed by atoms with van der Waals surface area (Å²) in [6.07, 6.45) is 2.19. The van der Waals surface area contributed by atoms with Gasteiger partial charge in [0.2, 0.25) is 0 Å². The van der Waals surface area contributed by atoms with Crippen LogP contribution in [0, 0.1) is 0 Å². The number of furan rings is 1. The molecule has 0 bridgehead atoms. The standard InChI is InChI=1S/C17H16Cl2N2O3/c18-13-5-4-12(11-14(13)19)16(22)20-6-2-7-21(9-8-20)17(23)15-3-1-10-24-15/h1,3-5,10-11H,2,6-9H2. The summed E-state index contributed by atoms with van der Waals surface area (Å²) in [7, 11) is 0. The Morgan fingerprint density at radius 1 is 0.917 bits per heavy atom. The normalized spacial score (nSPS) is 15.2. The lowest BCUT2D eigenvalue weighted by molar-refractivity contribution is 0.0700. The molecule has 0 aliphatic carbocycles. The summed E-state index contributed by atoms with van der Waals surface area (Å²) in [5, 5.41) is 0.770. The van der Waals surface area contributed by atoms with E-state index in [2.05, 4.69) is 0 Å². The summed E-state index contributed by atoms with van der Waals surface area (Å²) >= 11 is 11.9. The molecule has 1 aliphatic heterocycles. The van der Waals surface area contributed by atoms with Crippen LogP contribution in [-0.4, -0.2) is 47.8 Å². The molecular formula is C17H16Cl2N2O3. The Balaban J connectivity index is 1.67. The van der Waals surface area contributed by atoms with Crippen LogP contribution >= 0.6 is 23.2 Å². The second-order valence-electron chi connectivity index (χ2n) is 5.54. The van der Waals surface area contributed by atoms with E-state index in [0.717, 1.165) is 0 Å². The minimum atomic E-state index is -0.149. The average Bonchev–Trinajstić information content (AvgIpc) is 3.00. The lowest BCUT2D eigenvalue weighted by atomic mass is 10.2. The summed E-state index contributed by atoms with van der Waals surface area (Å²) in [5.41, 5.74) is 0.496. The van der Waals surface area contributed by atoms with E-state index in [1.165, 1.54) is 6.26 Å². The third-order valence-corrected chi connectivity index (χ3v) is 4.71. The van der Waals surface area contributed by atoms with Crippen LogP contribution in [0.5, 0.6) is 0 Å². The second kappa shape index (κ2) is 7.28. The topological polar surface area (TPSA) is 53.8 Å². The van der Waals surface area contributed by atoms with Gasteiger partial charge in [-0.1, -0.05) is 23.2 Å². The molecule has 2 heterocycles. The van der Waals surface area contributed by atoms with Crippen molar-refractivity contribution < 1.29 is 14.0 Å². The Labute approximate surface area is 149 Å². The quantitative estimate of drug-likeness (QED) is 0.816. The van der Waals surface area contributed by atoms with Gasteiger partial charge in [0.15, 0.2) is 5.76 Å². The van der Waals surface area contributed by atoms with Crippen LogP contribution in [0.2, 0.25) is 10.0 Å². The minimum Gasteiger partial charge on any atom is -0.459 e. The van der Waals surface area contributed by atoms with Crippen molar-refractivity contribution >= 4 is 35.0 Å². The fraction of sp³-hybridized carbons (Fsp3) is 0.294. The number of rotatable bonds is 2. The number of carbonyl (C=O) groups is 2. The van der Waals surface area contributed by atoms with Gasteiger partial charge < -0.3 is 14.2 Å². The zero-order chi connectivity index (χ0) is 17.1. The Morgan fingerprint density at radius 2 is 1.62 bits per heavy atom. The molecule has 3 rings (SSSR count). The average molecular weight is 367 g/mol. The molecule has 0 N–H and O–H groups in total. The molecular weight excluding hydrogens is 351 g/mol. The molecule has 1 aliphatic rings. The highest BCUT2D eigenvalue weighted by molar-refractivity contribution is 6.42. The van der Waals surface area contributed by atoms with E-state index in [9.17, 15) is 9.59 Å². The maximum absolute atomic E-state index is 12.6. The zero-order valence-electron chi connectivity index (χ0n) is 12.9. The van der Waals surface area contributed by atoms with E-state index >= 15 is 0 Å². The van der Waals surface area contributed by atoms with Gasteiger partial charge in [-0.25, -0.2) is 0 Å². The minimum absolute atomic E-state index is 0.110. The highest BCUT2D eigenvalue weighted by atomic mass is 35.5. The van der Waals surface area contributed by atoms with Crippen LogP contribution in [-0.2, 0) is 0 Å². The molecule has 1 fully saturated rings. The molecule has 1 saturated heterocycles. The van der Waals surface area contributed by atoms with Crippen molar-refractivity contribution in [3.63, 3.8) is 0 Å². The van der Waals surface area contributed by atoms with E-state index in [1.807, 2.05) is 0 Å². The van der Waals surface area contributed by atoms with E-state index < -0.39 is 0 Å². The maximum Gasteiger partial charge on any atom is 0.289 e. The number of amides is 2. The molecule has 1 aromatic carbocycles. The van der Waals surface area contributed by atoms with Crippen LogP contribution in [0.3, 0.4) is 0 Å². The Bertz CT molecular complexity index is 746. The van der Waals surface area contributed by atoms with Crippen molar-refractivity contribution in [2.45, 2.75) is 6.42 Å². The molecule has 2 amide bonds. The summed E-state index contributed by atoms with van der Waals surface area (Å²) in [6, 6.07) is 8.18. The molecule has 126 valence electrons. The molecule has 0 spiro atoms. The first kappa shape index (κ1) is 16.9. The summed E-state index contributed by atoms with van der Waals surface area (Å²) in [5.74, 6) is 0.0592. The van der Waals surface area contributed by atoms with Gasteiger partial charge in [0, 0.05) is 31.7 Å². The first-order valence-corrected chi connectivity index (χ1v) is 8.39. The lowest BCUT2D eigenvalue weighted by Crippen LogP contribution is -2.37. The van der Waals surface area contributed by atoms with Gasteiger partial charge in [-0.3, -0.25) is 9.59 Å². The Hall–Kier alpha value is -1.98. The van der Waals surface area contributed by atoms with Gasteiger partial charge in [-0.05, 0) is 36.8 Å². The van der Waals surface area contributed by atoms with Gasteiger partial charge in [0.25, 0.3) is 11.8 Å². The van der Waals surface area contributed by atoms with Gasteiger partial charge in [0.05, 0.1) is 16.3 Å². The highest BCUT2D eigenvalue weighted by Crippen LogP contribution is 2.23. The second-order valence-corrected chi connectivity index (χ2v) is 6.36. The molecule has 0 radical (unpaired) electrons. The third kappa shape index (κ3) is 3.57. The van der Waals surface area contributed by atoms with Crippen molar-refractivity contribution in [3.05, 3.63) is 58.0 Å². The van der Waals surface area contributed by atoms with Crippen LogP contribution in [0.1, 0.15) is 27.3 Å². The number of nitrogens with zero attached hydrogens (tertiary/aromatic N) is 2. The number of benzene rings is 1. The number of halogens is 2. The number of hydrogen-bond donors (Lipinski definition) is 0. The fourth-order valence-corrected chi connectivity index (χ4v) is 2.99. The van der Waals surface area contributed by atoms with Gasteiger partial charge >= 0.3 is 0 Å². The van der Waals surface area contributed by atoms with Crippen molar-refractivity contribution in [2.75, 3.05) is 26.2 Å². The maximum atomic E-state index is 12.6. The van der Waals surface area contributed by atoms with Crippen molar-refractivity contribution in [1.29, 1.82) is 0 Å². The van der Waals surface area contributed by atoms with Crippen molar-refractivity contribution in [1.82, 2.24) is 9.80 Å². The highest BCUT2D eigenvalue weighted by Gasteiger charge is 2.24. The smallest absolute Gasteiger partial charge is 0.289 e. The summed E-state index contributed by atoms with van der Waals surface area (Å²) in [4.78, 5) is 28.4. The summed E-state index contributed by atoms with van der Waals surface area (Å²) < 4.78 is 5.16. The largest absolute Gasteiger partial charge is 0.459 e. The predicted molar refractivity (Wildman–Crippen MR) is 91.6 cm³/mol. The Morgan fingerprint density at radius 3 is 2.25 bits per heavy atom. The SMILES string of the molecule is O=C(c1ccc(Cl)c(Cl)c1)N1CCCN(C(=O)c2ccco2)CC1. The first-order chi connectivity index (χ1) is 11.6. The van der Waals surface area contributed by atoms with E-state index in [1.54, 1.807) is 40.1 Å². The van der Waals surface area contributed by atoms with Gasteiger partial charge in [-0.2, -0.15) is 0 Å². The fourth-order valence-electron chi connectivity index (χ4n) is 2.69. The Kier molecular flexibility index (Phi) is 5.11. The first-order valence-electron chi connectivity index (χ1n) is 7.63. The predicted octanol–water partition coefficient (Wildman–Crippen LogP) is 3.57. The van der Waals surface area contributed by atoms with E-state index in [0.29, 0.717) is 54.0 Å². The molecule has 1 aromatic heterocycles. The van der Waals surface area contributed by atoms with E-state index in [4.69, 9.17) is 27.6 Å². The van der Waals surface area contributed by atoms with Gasteiger partial charge in [0.1, 0.15) is 0 Å². The van der Waals surface area contributed by atoms with Crippen LogP contribution < -0.4 is 0 Å².